The molecule has 2 heterocycles. The first-order valence-corrected chi connectivity index (χ1v) is 11.5. The minimum absolute atomic E-state index is 0.0783. The number of rotatable bonds is 6. The topological polar surface area (TPSA) is 62.2 Å². The van der Waals surface area contributed by atoms with Gasteiger partial charge in [0.1, 0.15) is 0 Å². The Hall–Kier alpha value is -2.70. The van der Waals surface area contributed by atoms with E-state index in [0.29, 0.717) is 24.6 Å². The van der Waals surface area contributed by atoms with Crippen LogP contribution in [0.2, 0.25) is 5.02 Å². The van der Waals surface area contributed by atoms with E-state index in [1.165, 1.54) is 0 Å². The van der Waals surface area contributed by atoms with Crippen LogP contribution in [0.5, 0.6) is 0 Å². The smallest absolute Gasteiger partial charge is 0.310 e. The zero-order valence-corrected chi connectivity index (χ0v) is 19.0. The zero-order valence-electron chi connectivity index (χ0n) is 18.2. The number of benzene rings is 2. The zero-order chi connectivity index (χ0) is 22.5. The molecule has 0 aromatic heterocycles. The van der Waals surface area contributed by atoms with Gasteiger partial charge < -0.3 is 4.74 Å². The third kappa shape index (κ3) is 5.03. The van der Waals surface area contributed by atoms with Crippen LogP contribution in [0.1, 0.15) is 43.4 Å². The molecule has 4 rings (SSSR count). The molecule has 0 radical (unpaired) electrons. The van der Waals surface area contributed by atoms with Crippen molar-refractivity contribution in [1.29, 1.82) is 0 Å². The number of halogens is 1. The second-order valence-electron chi connectivity index (χ2n) is 8.22. The summed E-state index contributed by atoms with van der Waals surface area (Å²) in [4.78, 5) is 27.6. The molecular formula is C25H28ClN3O3. The van der Waals surface area contributed by atoms with E-state index in [2.05, 4.69) is 0 Å². The van der Waals surface area contributed by atoms with E-state index < -0.39 is 0 Å². The number of hydrogen-bond acceptors (Lipinski definition) is 5. The first-order valence-electron chi connectivity index (χ1n) is 11.1. The summed E-state index contributed by atoms with van der Waals surface area (Å²) in [5.41, 5.74) is 2.70. The SMILES string of the molecule is CCOC(=O)[C@@H]1CCCN(CC(=O)N2N=C(c3ccccc3Cl)C[C@@H]2c2ccccc2)C1. The molecule has 0 unspecified atom stereocenters. The predicted molar refractivity (Wildman–Crippen MR) is 124 cm³/mol. The summed E-state index contributed by atoms with van der Waals surface area (Å²) in [5.74, 6) is -0.431. The predicted octanol–water partition coefficient (Wildman–Crippen LogP) is 4.29. The molecule has 2 atom stereocenters. The number of nitrogens with zero attached hydrogens (tertiary/aromatic N) is 3. The Morgan fingerprint density at radius 3 is 2.62 bits per heavy atom. The number of carbonyl (C=O) groups excluding carboxylic acids is 2. The average Bonchev–Trinajstić information content (AvgIpc) is 3.26. The van der Waals surface area contributed by atoms with E-state index in [1.54, 1.807) is 5.01 Å². The highest BCUT2D eigenvalue weighted by molar-refractivity contribution is 6.34. The number of hydrazone groups is 1. The lowest BCUT2D eigenvalue weighted by atomic mass is 9.97. The molecule has 2 aromatic carbocycles. The molecule has 0 N–H and O–H groups in total. The second-order valence-corrected chi connectivity index (χ2v) is 8.63. The lowest BCUT2D eigenvalue weighted by Crippen LogP contribution is -2.44. The molecule has 0 spiro atoms. The standard InChI is InChI=1S/C25H28ClN3O3/c1-2-32-25(31)19-11-8-14-28(16-19)17-24(30)29-23(18-9-4-3-5-10-18)15-22(27-29)20-12-6-7-13-21(20)26/h3-7,9-10,12-13,19,23H,2,8,11,14-17H2,1H3/t19-,23-/m1/s1. The number of likely N-dealkylation sites (tertiary alicyclic amines) is 1. The largest absolute Gasteiger partial charge is 0.466 e. The van der Waals surface area contributed by atoms with E-state index in [1.807, 2.05) is 66.4 Å². The maximum absolute atomic E-state index is 13.4. The summed E-state index contributed by atoms with van der Waals surface area (Å²) >= 11 is 6.42. The molecule has 1 amide bonds. The molecule has 0 aliphatic carbocycles. The first-order chi connectivity index (χ1) is 15.6. The van der Waals surface area contributed by atoms with Gasteiger partial charge in [-0.25, -0.2) is 5.01 Å². The Bertz CT molecular complexity index is 995. The lowest BCUT2D eigenvalue weighted by molar-refractivity contribution is -0.150. The minimum Gasteiger partial charge on any atom is -0.466 e. The quantitative estimate of drug-likeness (QED) is 0.612. The van der Waals surface area contributed by atoms with Gasteiger partial charge in [-0.1, -0.05) is 60.1 Å². The number of carbonyl (C=O) groups is 2. The van der Waals surface area contributed by atoms with Crippen molar-refractivity contribution in [2.45, 2.75) is 32.2 Å². The van der Waals surface area contributed by atoms with Crippen LogP contribution in [0.3, 0.4) is 0 Å². The van der Waals surface area contributed by atoms with Crippen LogP contribution in [0.4, 0.5) is 0 Å². The van der Waals surface area contributed by atoms with Crippen molar-refractivity contribution in [3.8, 4) is 0 Å². The Morgan fingerprint density at radius 2 is 1.88 bits per heavy atom. The molecule has 0 saturated carbocycles. The van der Waals surface area contributed by atoms with Gasteiger partial charge in [0.2, 0.25) is 0 Å². The number of piperidine rings is 1. The highest BCUT2D eigenvalue weighted by Gasteiger charge is 2.35. The Balaban J connectivity index is 1.53. The molecule has 2 aromatic rings. The Kier molecular flexibility index (Phi) is 7.22. The van der Waals surface area contributed by atoms with Crippen LogP contribution in [-0.4, -0.2) is 53.7 Å². The van der Waals surface area contributed by atoms with Crippen molar-refractivity contribution in [3.63, 3.8) is 0 Å². The number of amides is 1. The Labute approximate surface area is 193 Å². The highest BCUT2D eigenvalue weighted by Crippen LogP contribution is 2.34. The maximum Gasteiger partial charge on any atom is 0.310 e. The normalized spacial score (nSPS) is 21.3. The third-order valence-electron chi connectivity index (χ3n) is 6.02. The van der Waals surface area contributed by atoms with Crippen molar-refractivity contribution < 1.29 is 14.3 Å². The van der Waals surface area contributed by atoms with Crippen LogP contribution in [0.25, 0.3) is 0 Å². The molecule has 2 aliphatic heterocycles. The van der Waals surface area contributed by atoms with Crippen molar-refractivity contribution in [1.82, 2.24) is 9.91 Å². The van der Waals surface area contributed by atoms with Crippen molar-refractivity contribution in [2.75, 3.05) is 26.2 Å². The molecule has 2 aliphatic rings. The molecule has 32 heavy (non-hydrogen) atoms. The maximum atomic E-state index is 13.4. The summed E-state index contributed by atoms with van der Waals surface area (Å²) in [6.07, 6.45) is 2.27. The van der Waals surface area contributed by atoms with Gasteiger partial charge in [0.25, 0.3) is 5.91 Å². The van der Waals surface area contributed by atoms with Gasteiger partial charge in [0.15, 0.2) is 0 Å². The third-order valence-corrected chi connectivity index (χ3v) is 6.35. The fourth-order valence-electron chi connectivity index (χ4n) is 4.45. The molecule has 0 bridgehead atoms. The van der Waals surface area contributed by atoms with Crippen molar-refractivity contribution in [2.24, 2.45) is 11.0 Å². The van der Waals surface area contributed by atoms with E-state index in [4.69, 9.17) is 21.4 Å². The lowest BCUT2D eigenvalue weighted by Gasteiger charge is -2.32. The van der Waals surface area contributed by atoms with Gasteiger partial charge in [-0.2, -0.15) is 5.10 Å². The van der Waals surface area contributed by atoms with Gasteiger partial charge >= 0.3 is 5.97 Å². The molecule has 168 valence electrons. The minimum atomic E-state index is -0.180. The second kappa shape index (κ2) is 10.3. The molecular weight excluding hydrogens is 426 g/mol. The van der Waals surface area contributed by atoms with E-state index in [9.17, 15) is 9.59 Å². The molecule has 1 saturated heterocycles. The van der Waals surface area contributed by atoms with Gasteiger partial charge in [-0.15, -0.1) is 0 Å². The van der Waals surface area contributed by atoms with Gasteiger partial charge in [-0.3, -0.25) is 14.5 Å². The fourth-order valence-corrected chi connectivity index (χ4v) is 4.69. The van der Waals surface area contributed by atoms with Gasteiger partial charge in [-0.05, 0) is 37.9 Å². The monoisotopic (exact) mass is 453 g/mol. The summed E-state index contributed by atoms with van der Waals surface area (Å²) in [7, 11) is 0. The van der Waals surface area contributed by atoms with Crippen molar-refractivity contribution >= 4 is 29.2 Å². The average molecular weight is 454 g/mol. The number of esters is 1. The van der Waals surface area contributed by atoms with Crippen LogP contribution < -0.4 is 0 Å². The van der Waals surface area contributed by atoms with Crippen LogP contribution >= 0.6 is 11.6 Å². The summed E-state index contributed by atoms with van der Waals surface area (Å²) in [5, 5.41) is 6.95. The van der Waals surface area contributed by atoms with E-state index in [0.717, 1.165) is 36.2 Å². The highest BCUT2D eigenvalue weighted by atomic mass is 35.5. The Morgan fingerprint density at radius 1 is 1.12 bits per heavy atom. The van der Waals surface area contributed by atoms with Crippen LogP contribution in [0, 0.1) is 5.92 Å². The van der Waals surface area contributed by atoms with E-state index in [-0.39, 0.29) is 30.4 Å². The number of hydrogen-bond donors (Lipinski definition) is 0. The summed E-state index contributed by atoms with van der Waals surface area (Å²) < 4.78 is 5.19. The first kappa shape index (κ1) is 22.5. The summed E-state index contributed by atoms with van der Waals surface area (Å²) in [6, 6.07) is 17.4. The number of ether oxygens (including phenoxy) is 1. The van der Waals surface area contributed by atoms with E-state index >= 15 is 0 Å². The van der Waals surface area contributed by atoms with Gasteiger partial charge in [0, 0.05) is 23.6 Å². The van der Waals surface area contributed by atoms with Crippen LogP contribution in [-0.2, 0) is 14.3 Å². The molecule has 6 nitrogen and oxygen atoms in total. The van der Waals surface area contributed by atoms with Gasteiger partial charge in [0.05, 0.1) is 30.8 Å². The summed E-state index contributed by atoms with van der Waals surface area (Å²) in [6.45, 7) is 3.73. The van der Waals surface area contributed by atoms with Crippen molar-refractivity contribution in [3.05, 3.63) is 70.7 Å². The molecule has 7 heteroatoms. The fraction of sp³-hybridized carbons (Fsp3) is 0.400. The molecule has 1 fully saturated rings. The van der Waals surface area contributed by atoms with Crippen LogP contribution in [0.15, 0.2) is 59.7 Å².